The highest BCUT2D eigenvalue weighted by atomic mass is 16.5. The lowest BCUT2D eigenvalue weighted by Gasteiger charge is -2.37. The van der Waals surface area contributed by atoms with Gasteiger partial charge in [0.1, 0.15) is 11.8 Å². The molecule has 0 bridgehead atoms. The predicted molar refractivity (Wildman–Crippen MR) is 130 cm³/mol. The zero-order valence-corrected chi connectivity index (χ0v) is 20.7. The normalized spacial score (nSPS) is 15.1. The van der Waals surface area contributed by atoms with Crippen LogP contribution in [0.1, 0.15) is 29.8 Å². The van der Waals surface area contributed by atoms with Gasteiger partial charge in [-0.15, -0.1) is 0 Å². The van der Waals surface area contributed by atoms with Crippen LogP contribution in [0.25, 0.3) is 0 Å². The zero-order valence-electron chi connectivity index (χ0n) is 20.7. The summed E-state index contributed by atoms with van der Waals surface area (Å²) in [7, 11) is 4.83. The van der Waals surface area contributed by atoms with Gasteiger partial charge in [-0.25, -0.2) is 0 Å². The van der Waals surface area contributed by atoms with Gasteiger partial charge in [0.05, 0.1) is 21.3 Å². The third kappa shape index (κ3) is 6.20. The number of amides is 2. The van der Waals surface area contributed by atoms with Crippen LogP contribution in [0.4, 0.5) is 0 Å². The summed E-state index contributed by atoms with van der Waals surface area (Å²) in [6.07, 6.45) is 0. The third-order valence-corrected chi connectivity index (χ3v) is 6.11. The molecule has 1 aliphatic heterocycles. The van der Waals surface area contributed by atoms with Crippen LogP contribution in [0, 0.1) is 5.92 Å². The highest BCUT2D eigenvalue weighted by molar-refractivity contribution is 5.97. The quantitative estimate of drug-likeness (QED) is 0.608. The van der Waals surface area contributed by atoms with E-state index in [0.29, 0.717) is 35.9 Å². The summed E-state index contributed by atoms with van der Waals surface area (Å²) in [4.78, 5) is 30.2. The Morgan fingerprint density at radius 2 is 1.53 bits per heavy atom. The fraction of sp³-hybridized carbons (Fsp3) is 0.462. The van der Waals surface area contributed by atoms with E-state index in [0.717, 1.165) is 25.2 Å². The van der Waals surface area contributed by atoms with E-state index in [1.807, 2.05) is 36.9 Å². The molecule has 1 N–H and O–H groups in total. The topological polar surface area (TPSA) is 80.3 Å². The smallest absolute Gasteiger partial charge is 0.251 e. The van der Waals surface area contributed by atoms with Gasteiger partial charge in [0.2, 0.25) is 5.91 Å². The highest BCUT2D eigenvalue weighted by Crippen LogP contribution is 2.28. The average Bonchev–Trinajstić information content (AvgIpc) is 2.87. The number of benzene rings is 2. The Morgan fingerprint density at radius 1 is 0.882 bits per heavy atom. The van der Waals surface area contributed by atoms with E-state index in [9.17, 15) is 9.59 Å². The van der Waals surface area contributed by atoms with Crippen molar-refractivity contribution in [3.05, 3.63) is 53.6 Å². The fourth-order valence-electron chi connectivity index (χ4n) is 4.04. The molecule has 0 saturated carbocycles. The van der Waals surface area contributed by atoms with Gasteiger partial charge < -0.3 is 24.4 Å². The molecule has 2 amide bonds. The number of ether oxygens (including phenoxy) is 3. The van der Waals surface area contributed by atoms with Gasteiger partial charge in [-0.1, -0.05) is 19.9 Å². The first-order valence-electron chi connectivity index (χ1n) is 11.5. The Balaban J connectivity index is 1.57. The van der Waals surface area contributed by atoms with Gasteiger partial charge in [0, 0.05) is 38.3 Å². The van der Waals surface area contributed by atoms with Crippen molar-refractivity contribution in [1.82, 2.24) is 15.1 Å². The standard InChI is InChI=1S/C26H35N3O5/c1-18(2)24(27-25(30)20-7-9-21(32-3)10-8-20)26(31)29-14-12-28(13-15-29)17-19-6-11-22(33-4)23(16-19)34-5/h6-11,16,18,24H,12-15,17H2,1-5H3,(H,27,30). The van der Waals surface area contributed by atoms with Crippen molar-refractivity contribution in [3.8, 4) is 17.2 Å². The monoisotopic (exact) mass is 469 g/mol. The summed E-state index contributed by atoms with van der Waals surface area (Å²) in [6, 6.07) is 12.2. The molecule has 0 radical (unpaired) electrons. The molecular formula is C26H35N3O5. The Kier molecular flexibility index (Phi) is 8.76. The summed E-state index contributed by atoms with van der Waals surface area (Å²) in [5.41, 5.74) is 1.63. The lowest BCUT2D eigenvalue weighted by Crippen LogP contribution is -2.56. The van der Waals surface area contributed by atoms with Crippen molar-refractivity contribution in [2.75, 3.05) is 47.5 Å². The molecule has 1 saturated heterocycles. The molecule has 8 heteroatoms. The van der Waals surface area contributed by atoms with Crippen LogP contribution < -0.4 is 19.5 Å². The number of hydrogen-bond donors (Lipinski definition) is 1. The first-order chi connectivity index (χ1) is 16.4. The molecule has 1 aliphatic rings. The number of rotatable bonds is 9. The first-order valence-corrected chi connectivity index (χ1v) is 11.5. The maximum Gasteiger partial charge on any atom is 0.251 e. The molecule has 1 unspecified atom stereocenters. The number of hydrogen-bond acceptors (Lipinski definition) is 6. The predicted octanol–water partition coefficient (Wildman–Crippen LogP) is 2.81. The van der Waals surface area contributed by atoms with E-state index in [4.69, 9.17) is 14.2 Å². The first kappa shape index (κ1) is 25.4. The summed E-state index contributed by atoms with van der Waals surface area (Å²) in [5.74, 6) is 1.77. The van der Waals surface area contributed by atoms with Gasteiger partial charge >= 0.3 is 0 Å². The molecular weight excluding hydrogens is 434 g/mol. The summed E-state index contributed by atoms with van der Waals surface area (Å²) < 4.78 is 15.9. The largest absolute Gasteiger partial charge is 0.497 e. The maximum absolute atomic E-state index is 13.3. The molecule has 0 aliphatic carbocycles. The van der Waals surface area contributed by atoms with E-state index in [1.165, 1.54) is 0 Å². The number of methoxy groups -OCH3 is 3. The van der Waals surface area contributed by atoms with Gasteiger partial charge in [0.15, 0.2) is 11.5 Å². The number of nitrogens with one attached hydrogen (secondary N) is 1. The van der Waals surface area contributed by atoms with Crippen LogP contribution in [0.5, 0.6) is 17.2 Å². The fourth-order valence-corrected chi connectivity index (χ4v) is 4.04. The Labute approximate surface area is 201 Å². The molecule has 184 valence electrons. The molecule has 3 rings (SSSR count). The lowest BCUT2D eigenvalue weighted by molar-refractivity contribution is -0.136. The van der Waals surface area contributed by atoms with E-state index in [2.05, 4.69) is 10.2 Å². The molecule has 2 aromatic rings. The van der Waals surface area contributed by atoms with Gasteiger partial charge in [0.25, 0.3) is 5.91 Å². The average molecular weight is 470 g/mol. The lowest BCUT2D eigenvalue weighted by atomic mass is 10.0. The number of carbonyl (C=O) groups is 2. The second-order valence-corrected chi connectivity index (χ2v) is 8.71. The number of nitrogens with zero attached hydrogens (tertiary/aromatic N) is 2. The maximum atomic E-state index is 13.3. The molecule has 1 heterocycles. The molecule has 8 nitrogen and oxygen atoms in total. The Hall–Kier alpha value is -3.26. The minimum Gasteiger partial charge on any atom is -0.497 e. The third-order valence-electron chi connectivity index (χ3n) is 6.11. The van der Waals surface area contributed by atoms with E-state index >= 15 is 0 Å². The minimum absolute atomic E-state index is 0.0282. The van der Waals surface area contributed by atoms with Crippen molar-refractivity contribution in [1.29, 1.82) is 0 Å². The Morgan fingerprint density at radius 3 is 2.09 bits per heavy atom. The van der Waals surface area contributed by atoms with Crippen molar-refractivity contribution >= 4 is 11.8 Å². The zero-order chi connectivity index (χ0) is 24.7. The van der Waals surface area contributed by atoms with Crippen LogP contribution in [0.3, 0.4) is 0 Å². The van der Waals surface area contributed by atoms with Crippen molar-refractivity contribution in [3.63, 3.8) is 0 Å². The molecule has 34 heavy (non-hydrogen) atoms. The van der Waals surface area contributed by atoms with E-state index < -0.39 is 6.04 Å². The van der Waals surface area contributed by atoms with E-state index in [-0.39, 0.29) is 17.7 Å². The molecule has 1 atom stereocenters. The molecule has 0 spiro atoms. The van der Waals surface area contributed by atoms with Crippen LogP contribution in [0.2, 0.25) is 0 Å². The van der Waals surface area contributed by atoms with E-state index in [1.54, 1.807) is 45.6 Å². The van der Waals surface area contributed by atoms with Crippen LogP contribution in [-0.2, 0) is 11.3 Å². The SMILES string of the molecule is COc1ccc(C(=O)NC(C(=O)N2CCN(Cc3ccc(OC)c(OC)c3)CC2)C(C)C)cc1. The highest BCUT2D eigenvalue weighted by Gasteiger charge is 2.31. The molecule has 0 aromatic heterocycles. The number of carbonyl (C=O) groups excluding carboxylic acids is 2. The van der Waals surface area contributed by atoms with Gasteiger partial charge in [-0.2, -0.15) is 0 Å². The van der Waals surface area contributed by atoms with Crippen LogP contribution in [-0.4, -0.2) is 75.2 Å². The summed E-state index contributed by atoms with van der Waals surface area (Å²) in [6.45, 7) is 7.43. The second-order valence-electron chi connectivity index (χ2n) is 8.71. The van der Waals surface area contributed by atoms with Gasteiger partial charge in [-0.3, -0.25) is 14.5 Å². The molecule has 1 fully saturated rings. The minimum atomic E-state index is -0.577. The molecule has 2 aromatic carbocycles. The van der Waals surface area contributed by atoms with Crippen molar-refractivity contribution in [2.45, 2.75) is 26.4 Å². The van der Waals surface area contributed by atoms with Crippen LogP contribution in [0.15, 0.2) is 42.5 Å². The second kappa shape index (κ2) is 11.7. The van der Waals surface area contributed by atoms with Crippen molar-refractivity contribution < 1.29 is 23.8 Å². The Bertz CT molecular complexity index is 969. The summed E-state index contributed by atoms with van der Waals surface area (Å²) >= 11 is 0. The van der Waals surface area contributed by atoms with Gasteiger partial charge in [-0.05, 0) is 47.9 Å². The summed E-state index contributed by atoms with van der Waals surface area (Å²) in [5, 5.41) is 2.93. The van der Waals surface area contributed by atoms with Crippen molar-refractivity contribution in [2.24, 2.45) is 5.92 Å². The number of piperazine rings is 1. The van der Waals surface area contributed by atoms with Crippen LogP contribution >= 0.6 is 0 Å².